The van der Waals surface area contributed by atoms with E-state index >= 15 is 0 Å². The zero-order chi connectivity index (χ0) is 93.6. The zero-order valence-corrected chi connectivity index (χ0v) is 76.1. The Morgan fingerprint density at radius 2 is 1.00 bits per heavy atom. The largest absolute Gasteiger partial charge is 0.514 e. The minimum absolute atomic E-state index is 0.0132. The molecule has 0 saturated carbocycles. The Hall–Kier alpha value is -13.8. The fourth-order valence-electron chi connectivity index (χ4n) is 16.4. The van der Waals surface area contributed by atoms with E-state index < -0.39 is 89.2 Å². The smallest absolute Gasteiger partial charge is 0.457 e. The molecule has 0 unspecified atom stereocenters. The van der Waals surface area contributed by atoms with Crippen molar-refractivity contribution >= 4 is 88.2 Å². The van der Waals surface area contributed by atoms with Crippen LogP contribution in [0.15, 0.2) is 175 Å². The number of benzene rings is 7. The van der Waals surface area contributed by atoms with Gasteiger partial charge in [-0.2, -0.15) is 0 Å². The van der Waals surface area contributed by atoms with Crippen molar-refractivity contribution in [3.63, 3.8) is 0 Å². The summed E-state index contributed by atoms with van der Waals surface area (Å²) >= 11 is 0. The second kappa shape index (κ2) is 42.0. The summed E-state index contributed by atoms with van der Waals surface area (Å²) in [6.07, 6.45) is -3.92. The van der Waals surface area contributed by atoms with Gasteiger partial charge in [-0.15, -0.1) is 0 Å². The number of pyridine rings is 2. The van der Waals surface area contributed by atoms with Gasteiger partial charge >= 0.3 is 42.6 Å². The molecule has 30 nitrogen and oxygen atoms in total. The van der Waals surface area contributed by atoms with Crippen molar-refractivity contribution in [1.82, 2.24) is 40.2 Å². The van der Waals surface area contributed by atoms with E-state index in [2.05, 4.69) is 50.8 Å². The van der Waals surface area contributed by atoms with Crippen LogP contribution in [0, 0.1) is 23.7 Å². The lowest BCUT2D eigenvalue weighted by Gasteiger charge is -2.36. The molecule has 30 heteroatoms. The quantitative estimate of drug-likeness (QED) is 0.0148. The molecule has 7 aromatic carbocycles. The number of aryl methyl sites for hydroxylation is 1. The Balaban J connectivity index is 0.000000280. The van der Waals surface area contributed by atoms with E-state index in [9.17, 15) is 57.5 Å². The summed E-state index contributed by atoms with van der Waals surface area (Å²) in [5, 5.41) is 14.8. The molecule has 130 heavy (non-hydrogen) atoms. The number of aromatic nitrogens is 2. The van der Waals surface area contributed by atoms with Crippen molar-refractivity contribution in [3.8, 4) is 39.4 Å². The molecular formula is C100H114N10O20. The summed E-state index contributed by atoms with van der Waals surface area (Å²) < 4.78 is 46.2. The topological polar surface area (TPSA) is 366 Å². The number of nitrogens with one attached hydrogen (secondary N) is 5. The molecule has 0 bridgehead atoms. The lowest BCUT2D eigenvalue weighted by molar-refractivity contribution is -0.173. The van der Waals surface area contributed by atoms with Crippen LogP contribution in [-0.4, -0.2) is 175 Å². The van der Waals surface area contributed by atoms with Crippen LogP contribution >= 0.6 is 0 Å². The molecule has 0 radical (unpaired) electrons. The van der Waals surface area contributed by atoms with Crippen molar-refractivity contribution in [2.45, 2.75) is 163 Å². The van der Waals surface area contributed by atoms with Gasteiger partial charge in [0.1, 0.15) is 44.4 Å². The molecule has 0 fully saturated rings. The molecular weight excluding hydrogens is 1660 g/mol. The normalized spacial score (nSPS) is 14.7. The second-order valence-electron chi connectivity index (χ2n) is 34.8. The Labute approximate surface area is 755 Å². The Bertz CT molecular complexity index is 5720. The Morgan fingerprint density at radius 3 is 1.43 bits per heavy atom. The molecule has 5 atom stereocenters. The van der Waals surface area contributed by atoms with Crippen LogP contribution in [0.4, 0.5) is 40.1 Å². The minimum Gasteiger partial charge on any atom is -0.457 e. The van der Waals surface area contributed by atoms with E-state index in [0.29, 0.717) is 53.4 Å². The van der Waals surface area contributed by atoms with Gasteiger partial charge < -0.3 is 83.7 Å². The summed E-state index contributed by atoms with van der Waals surface area (Å²) in [5.74, 6) is -3.91. The van der Waals surface area contributed by atoms with Crippen LogP contribution in [0.1, 0.15) is 163 Å². The third-order valence-electron chi connectivity index (χ3n) is 23.7. The van der Waals surface area contributed by atoms with Gasteiger partial charge in [-0.1, -0.05) is 177 Å². The van der Waals surface area contributed by atoms with E-state index in [1.165, 1.54) is 28.8 Å². The maximum Gasteiger partial charge on any atom is 0.514 e. The maximum absolute atomic E-state index is 14.3. The van der Waals surface area contributed by atoms with Crippen LogP contribution in [-0.2, 0) is 95.5 Å². The molecule has 7 amide bonds. The highest BCUT2D eigenvalue weighted by Crippen LogP contribution is 2.48. The molecule has 2 aliphatic carbocycles. The third kappa shape index (κ3) is 22.3. The summed E-state index contributed by atoms with van der Waals surface area (Å²) in [6, 6.07) is 50.9. The molecule has 684 valence electrons. The molecule has 0 saturated heterocycles. The number of hydrogen-bond acceptors (Lipinski definition) is 22. The number of rotatable bonds is 32. The molecule has 4 aliphatic rings. The van der Waals surface area contributed by atoms with E-state index in [1.54, 1.807) is 126 Å². The highest BCUT2D eigenvalue weighted by atomic mass is 16.7. The monoisotopic (exact) mass is 1770 g/mol. The number of nitrogens with zero attached hydrogens (tertiary/aromatic N) is 5. The number of cyclic esters (lactones) is 1. The first kappa shape index (κ1) is 95.3. The highest BCUT2D eigenvalue weighted by Gasteiger charge is 2.51. The van der Waals surface area contributed by atoms with E-state index in [1.807, 2.05) is 114 Å². The standard InChI is InChI=1S/C64H70N6O14.C36H44N4O6/c1-11-41-46-30-40(82-62(78)84-63(6,7)8)25-26-51(46)66-55-47(41)32-70-52(55)31-50-49(57(70)73)35-79-58(74)64(50,12-2)83-61(77)69(10)28-27-68(9)60(76)81-33-38-21-23-39(24-22-38)65-56(72)37(5)29-53(71)54(36(3)4)67-59(75)80-34-48-44-19-15-13-17-42(44)43-18-14-16-20-45(43)48;1-23(2)33(39-35(43)45-22-31-29-12-8-6-10-27(29)28-11-7-9-13-30(28)31)32(41)20-24(3)34(42)38-26-16-14-25(15-17-26)21-46-36(44)40(5)19-18-37-4/h13-26,30-31,36-37,48,54H,11-12,27-29,32-35H2,1-10H3,(H,65,72)(H,67,75);6-17,23-24,31,33,37H,18-22H2,1-5H3,(H,38,42)(H,39,43)/t37-,54+,64+;24-,33+/m11/s1. The van der Waals surface area contributed by atoms with Crippen LogP contribution in [0.3, 0.4) is 0 Å². The number of ether oxygens (including phenoxy) is 8. The number of esters is 1. The van der Waals surface area contributed by atoms with Crippen molar-refractivity contribution in [2.75, 3.05) is 78.2 Å². The molecule has 2 aliphatic heterocycles. The van der Waals surface area contributed by atoms with Crippen LogP contribution in [0.2, 0.25) is 0 Å². The fourth-order valence-corrected chi connectivity index (χ4v) is 16.4. The van der Waals surface area contributed by atoms with E-state index in [-0.39, 0.29) is 130 Å². The number of alkyl carbamates (subject to hydrolysis) is 2. The average molecular weight is 1780 g/mol. The lowest BCUT2D eigenvalue weighted by Crippen LogP contribution is -2.49. The number of carbonyl (C=O) groups excluding carboxylic acids is 11. The first-order valence-electron chi connectivity index (χ1n) is 43.8. The number of fused-ring (bicyclic) bond motifs is 11. The van der Waals surface area contributed by atoms with Gasteiger partial charge in [0, 0.05) is 112 Å². The van der Waals surface area contributed by atoms with Gasteiger partial charge in [0.2, 0.25) is 17.4 Å². The van der Waals surface area contributed by atoms with Gasteiger partial charge in [-0.3, -0.25) is 24.0 Å². The number of hydrogen-bond donors (Lipinski definition) is 5. The van der Waals surface area contributed by atoms with Crippen molar-refractivity contribution in [2.24, 2.45) is 23.7 Å². The Morgan fingerprint density at radius 1 is 0.554 bits per heavy atom. The van der Waals surface area contributed by atoms with Crippen molar-refractivity contribution in [1.29, 1.82) is 0 Å². The summed E-state index contributed by atoms with van der Waals surface area (Å²) in [5.41, 5.74) is 11.7. The highest BCUT2D eigenvalue weighted by molar-refractivity contribution is 5.99. The maximum atomic E-state index is 14.3. The number of likely N-dealkylation sites (N-methyl/N-ethyl adjacent to an activating group) is 4. The molecule has 0 spiro atoms. The summed E-state index contributed by atoms with van der Waals surface area (Å²) in [4.78, 5) is 168. The summed E-state index contributed by atoms with van der Waals surface area (Å²) in [7, 11) is 6.44. The molecule has 9 aromatic rings. The number of Topliss-reactive ketones (excluding diaryl/α,β-unsaturated/α-hetero) is 2. The number of ketones is 2. The summed E-state index contributed by atoms with van der Waals surface area (Å²) in [6.45, 7) is 20.7. The van der Waals surface area contributed by atoms with E-state index in [4.69, 9.17) is 42.9 Å². The second-order valence-corrected chi connectivity index (χ2v) is 34.8. The van der Waals surface area contributed by atoms with Crippen molar-refractivity contribution in [3.05, 3.63) is 236 Å². The first-order chi connectivity index (χ1) is 62.1. The molecule has 4 heterocycles. The average Bonchev–Trinajstić information content (AvgIpc) is 1.53. The minimum atomic E-state index is -1.98. The van der Waals surface area contributed by atoms with Gasteiger partial charge in [0.15, 0.2) is 11.6 Å². The van der Waals surface area contributed by atoms with Crippen LogP contribution in [0.25, 0.3) is 44.5 Å². The number of carbonyl (C=O) groups is 11. The SMILES string of the molecule is CCc1c2c(nc3ccc(OC(=O)OC(C)(C)C)cc13)-c1cc3c(c(=O)n1C2)COC(=O)[C@@]3(CC)OC(=O)N(C)CCN(C)C(=O)OCc1ccc(NC(=O)[C@H](C)CC(=O)[C@@H](NC(=O)OCC2c3ccccc3-c3ccccc32)C(C)C)cc1.CNCCN(C)C(=O)OCc1ccc(NC(=O)[C@H](C)CC(=O)[C@@H](NC(=O)OCC2c3ccccc3-c3ccccc32)C(C)C)cc1. The van der Waals surface area contributed by atoms with Gasteiger partial charge in [0.25, 0.3) is 5.56 Å². The lowest BCUT2D eigenvalue weighted by atomic mass is 9.85. The van der Waals surface area contributed by atoms with Gasteiger partial charge in [-0.25, -0.2) is 38.5 Å². The van der Waals surface area contributed by atoms with Crippen molar-refractivity contribution < 1.29 is 90.6 Å². The predicted octanol–water partition coefficient (Wildman–Crippen LogP) is 16.0. The number of amides is 7. The number of anilines is 2. The first-order valence-corrected chi connectivity index (χ1v) is 43.8. The molecule has 5 N–H and O–H groups in total. The third-order valence-corrected chi connectivity index (χ3v) is 23.7. The van der Waals surface area contributed by atoms with Gasteiger partial charge in [-0.05, 0) is 162 Å². The fraction of sp³-hybridized carbons (Fsp3) is 0.390. The molecule has 13 rings (SSSR count). The van der Waals surface area contributed by atoms with Gasteiger partial charge in [0.05, 0.1) is 41.1 Å². The van der Waals surface area contributed by atoms with E-state index in [0.717, 1.165) is 66.6 Å². The van der Waals surface area contributed by atoms with Crippen LogP contribution in [0.5, 0.6) is 5.75 Å². The molecule has 2 aromatic heterocycles. The predicted molar refractivity (Wildman–Crippen MR) is 489 cm³/mol. The Kier molecular flexibility index (Phi) is 30.8. The van der Waals surface area contributed by atoms with Crippen LogP contribution < -0.4 is 36.9 Å². The zero-order valence-electron chi connectivity index (χ0n) is 76.1.